The van der Waals surface area contributed by atoms with Gasteiger partial charge in [-0.05, 0) is 35.9 Å². The van der Waals surface area contributed by atoms with Crippen molar-refractivity contribution in [2.45, 2.75) is 13.0 Å². The molecule has 24 heavy (non-hydrogen) atoms. The van der Waals surface area contributed by atoms with E-state index in [1.54, 1.807) is 17.3 Å². The van der Waals surface area contributed by atoms with E-state index >= 15 is 0 Å². The van der Waals surface area contributed by atoms with Crippen LogP contribution in [0.25, 0.3) is 11.1 Å². The number of hydrogen-bond donors (Lipinski definition) is 0. The molecule has 0 spiro atoms. The highest BCUT2D eigenvalue weighted by atomic mass is 35.5. The topological polar surface area (TPSA) is 46.1 Å². The largest absolute Gasteiger partial charge is 0.304 e. The molecule has 5 heteroatoms. The third kappa shape index (κ3) is 2.76. The van der Waals surface area contributed by atoms with Crippen LogP contribution in [0.4, 0.5) is 5.69 Å². The van der Waals surface area contributed by atoms with E-state index in [0.717, 1.165) is 28.2 Å². The fourth-order valence-corrected chi connectivity index (χ4v) is 3.07. The molecule has 0 bridgehead atoms. The van der Waals surface area contributed by atoms with Crippen LogP contribution < -0.4 is 4.90 Å². The van der Waals surface area contributed by atoms with Gasteiger partial charge in [0.2, 0.25) is 5.91 Å². The van der Waals surface area contributed by atoms with Gasteiger partial charge in [-0.25, -0.2) is 0 Å². The zero-order valence-corrected chi connectivity index (χ0v) is 13.6. The van der Waals surface area contributed by atoms with Crippen LogP contribution in [0.2, 0.25) is 5.02 Å². The monoisotopic (exact) mass is 335 g/mol. The normalized spacial score (nSPS) is 13.2. The Bertz CT molecular complexity index is 911. The van der Waals surface area contributed by atoms with Crippen molar-refractivity contribution in [3.63, 3.8) is 0 Å². The maximum atomic E-state index is 12.4. The summed E-state index contributed by atoms with van der Waals surface area (Å²) in [6, 6.07) is 15.3. The lowest BCUT2D eigenvalue weighted by molar-refractivity contribution is -0.117. The number of fused-ring (bicyclic) bond motifs is 1. The van der Waals surface area contributed by atoms with E-state index in [9.17, 15) is 4.79 Å². The number of halogens is 1. The summed E-state index contributed by atoms with van der Waals surface area (Å²) in [7, 11) is 0. The molecule has 0 radical (unpaired) electrons. The van der Waals surface area contributed by atoms with Gasteiger partial charge < -0.3 is 4.90 Å². The number of pyridine rings is 2. The highest BCUT2D eigenvalue weighted by Crippen LogP contribution is 2.33. The number of anilines is 1. The molecule has 1 amide bonds. The smallest absolute Gasteiger partial charge is 0.233 e. The summed E-state index contributed by atoms with van der Waals surface area (Å²) in [4.78, 5) is 22.9. The van der Waals surface area contributed by atoms with Crippen molar-refractivity contribution in [2.75, 3.05) is 4.90 Å². The molecule has 4 nitrogen and oxygen atoms in total. The van der Waals surface area contributed by atoms with Gasteiger partial charge in [0.1, 0.15) is 0 Å². The van der Waals surface area contributed by atoms with Gasteiger partial charge >= 0.3 is 0 Å². The van der Waals surface area contributed by atoms with Crippen LogP contribution in [0.5, 0.6) is 0 Å². The van der Waals surface area contributed by atoms with Crippen molar-refractivity contribution >= 4 is 23.2 Å². The maximum Gasteiger partial charge on any atom is 0.233 e. The van der Waals surface area contributed by atoms with E-state index in [2.05, 4.69) is 9.97 Å². The fraction of sp³-hybridized carbons (Fsp3) is 0.105. The van der Waals surface area contributed by atoms with Crippen molar-refractivity contribution in [3.05, 3.63) is 77.3 Å². The number of carbonyl (C=O) groups is 1. The molecule has 0 fully saturated rings. The molecule has 0 unspecified atom stereocenters. The van der Waals surface area contributed by atoms with Crippen molar-refractivity contribution in [1.29, 1.82) is 0 Å². The molecule has 0 aliphatic carbocycles. The first kappa shape index (κ1) is 14.8. The van der Waals surface area contributed by atoms with E-state index in [1.807, 2.05) is 48.5 Å². The number of carbonyl (C=O) groups excluding carboxylic acids is 1. The predicted octanol–water partition coefficient (Wildman–Crippen LogP) is 3.89. The summed E-state index contributed by atoms with van der Waals surface area (Å²) in [5.41, 5.74) is 4.43. The van der Waals surface area contributed by atoms with Gasteiger partial charge in [0.25, 0.3) is 0 Å². The molecule has 0 atom stereocenters. The van der Waals surface area contributed by atoms with E-state index in [-0.39, 0.29) is 5.91 Å². The first-order valence-corrected chi connectivity index (χ1v) is 8.03. The molecule has 1 aliphatic rings. The zero-order chi connectivity index (χ0) is 16.5. The minimum absolute atomic E-state index is 0.0476. The lowest BCUT2D eigenvalue weighted by atomic mass is 10.1. The second kappa shape index (κ2) is 6.06. The van der Waals surface area contributed by atoms with Gasteiger partial charge in [0.15, 0.2) is 0 Å². The highest BCUT2D eigenvalue weighted by molar-refractivity contribution is 6.30. The molecule has 4 rings (SSSR count). The maximum absolute atomic E-state index is 12.4. The van der Waals surface area contributed by atoms with Gasteiger partial charge in [-0.3, -0.25) is 14.8 Å². The van der Waals surface area contributed by atoms with Crippen LogP contribution in [0, 0.1) is 0 Å². The third-order valence-corrected chi connectivity index (χ3v) is 4.30. The van der Waals surface area contributed by atoms with Gasteiger partial charge in [-0.2, -0.15) is 0 Å². The molecular weight excluding hydrogens is 322 g/mol. The van der Waals surface area contributed by atoms with Crippen LogP contribution in [-0.2, 0) is 17.8 Å². The Kier molecular flexibility index (Phi) is 3.75. The quantitative estimate of drug-likeness (QED) is 0.729. The summed E-state index contributed by atoms with van der Waals surface area (Å²) >= 11 is 6.08. The molecule has 3 heterocycles. The van der Waals surface area contributed by atoms with E-state index in [0.29, 0.717) is 18.0 Å². The van der Waals surface area contributed by atoms with E-state index < -0.39 is 0 Å². The molecule has 118 valence electrons. The Balaban J connectivity index is 1.71. The van der Waals surface area contributed by atoms with E-state index in [1.165, 1.54) is 0 Å². The third-order valence-electron chi connectivity index (χ3n) is 4.06. The van der Waals surface area contributed by atoms with Crippen molar-refractivity contribution in [2.24, 2.45) is 0 Å². The Morgan fingerprint density at radius 1 is 1.04 bits per heavy atom. The summed E-state index contributed by atoms with van der Waals surface area (Å²) in [5.74, 6) is 0.0476. The van der Waals surface area contributed by atoms with Crippen LogP contribution >= 0.6 is 11.6 Å². The average Bonchev–Trinajstić information content (AvgIpc) is 2.91. The second-order valence-corrected chi connectivity index (χ2v) is 6.11. The minimum Gasteiger partial charge on any atom is -0.304 e. The van der Waals surface area contributed by atoms with Gasteiger partial charge in [-0.15, -0.1) is 0 Å². The van der Waals surface area contributed by atoms with Crippen LogP contribution in [0.15, 0.2) is 60.9 Å². The first-order valence-electron chi connectivity index (χ1n) is 7.66. The van der Waals surface area contributed by atoms with E-state index in [4.69, 9.17) is 11.6 Å². The van der Waals surface area contributed by atoms with Crippen LogP contribution in [0.3, 0.4) is 0 Å². The lowest BCUT2D eigenvalue weighted by Gasteiger charge is -2.17. The minimum atomic E-state index is 0.0476. The summed E-state index contributed by atoms with van der Waals surface area (Å²) in [6.45, 7) is 0.452. The van der Waals surface area contributed by atoms with Crippen LogP contribution in [-0.4, -0.2) is 15.9 Å². The number of aromatic nitrogens is 2. The number of nitrogens with zero attached hydrogens (tertiary/aromatic N) is 3. The molecule has 0 N–H and O–H groups in total. The number of amides is 1. The lowest BCUT2D eigenvalue weighted by Crippen LogP contribution is -2.26. The Hall–Kier alpha value is -2.72. The summed E-state index contributed by atoms with van der Waals surface area (Å²) < 4.78 is 0. The molecule has 1 aromatic carbocycles. The Labute approximate surface area is 144 Å². The predicted molar refractivity (Wildman–Crippen MR) is 93.8 cm³/mol. The van der Waals surface area contributed by atoms with Crippen LogP contribution in [0.1, 0.15) is 11.4 Å². The SMILES string of the molecule is O=C1Cc2ncc(-c3cccc(Cl)c3)cc2N1Cc1ccccn1. The molecule has 3 aromatic rings. The van der Waals surface area contributed by atoms with Crippen molar-refractivity contribution in [3.8, 4) is 11.1 Å². The molecule has 0 saturated heterocycles. The van der Waals surface area contributed by atoms with Gasteiger partial charge in [0, 0.05) is 23.0 Å². The van der Waals surface area contributed by atoms with Crippen molar-refractivity contribution in [1.82, 2.24) is 9.97 Å². The number of benzene rings is 1. The van der Waals surface area contributed by atoms with Gasteiger partial charge in [-0.1, -0.05) is 29.8 Å². The Morgan fingerprint density at radius 2 is 1.96 bits per heavy atom. The zero-order valence-electron chi connectivity index (χ0n) is 12.8. The standard InChI is InChI=1S/C19H14ClN3O/c20-15-5-3-4-13(8-15)14-9-18-17(22-11-14)10-19(24)23(18)12-16-6-1-2-7-21-16/h1-9,11H,10,12H2. The molecule has 1 aliphatic heterocycles. The highest BCUT2D eigenvalue weighted by Gasteiger charge is 2.29. The number of hydrogen-bond acceptors (Lipinski definition) is 3. The second-order valence-electron chi connectivity index (χ2n) is 5.68. The summed E-state index contributed by atoms with van der Waals surface area (Å²) in [5, 5.41) is 0.675. The first-order chi connectivity index (χ1) is 11.7. The van der Waals surface area contributed by atoms with Gasteiger partial charge in [0.05, 0.1) is 30.0 Å². The molecular formula is C19H14ClN3O. The van der Waals surface area contributed by atoms with Crippen molar-refractivity contribution < 1.29 is 4.79 Å². The summed E-state index contributed by atoms with van der Waals surface area (Å²) in [6.07, 6.45) is 3.86. The molecule has 2 aromatic heterocycles. The molecule has 0 saturated carbocycles. The fourth-order valence-electron chi connectivity index (χ4n) is 2.88. The average molecular weight is 336 g/mol. The Morgan fingerprint density at radius 3 is 2.75 bits per heavy atom. The number of rotatable bonds is 3.